The molecule has 0 unspecified atom stereocenters. The molecule has 0 spiro atoms. The third-order valence-electron chi connectivity index (χ3n) is 4.94. The van der Waals surface area contributed by atoms with Crippen LogP contribution in [0.3, 0.4) is 0 Å². The van der Waals surface area contributed by atoms with E-state index in [9.17, 15) is 4.79 Å². The molecule has 0 aromatic heterocycles. The predicted octanol–water partition coefficient (Wildman–Crippen LogP) is 6.14. The molecule has 1 heterocycles. The highest BCUT2D eigenvalue weighted by Crippen LogP contribution is 2.37. The second-order valence-electron chi connectivity index (χ2n) is 7.20. The van der Waals surface area contributed by atoms with Crippen molar-refractivity contribution in [2.24, 2.45) is 0 Å². The predicted molar refractivity (Wildman–Crippen MR) is 116 cm³/mol. The first-order valence-corrected chi connectivity index (χ1v) is 9.53. The van der Waals surface area contributed by atoms with Crippen LogP contribution >= 0.6 is 0 Å². The van der Waals surface area contributed by atoms with Gasteiger partial charge in [-0.15, -0.1) is 0 Å². The highest BCUT2D eigenvalue weighted by Gasteiger charge is 2.30. The Hall–Kier alpha value is -3.59. The zero-order valence-corrected chi connectivity index (χ0v) is 16.6. The maximum atomic E-state index is 12.8. The van der Waals surface area contributed by atoms with Crippen LogP contribution in [0.2, 0.25) is 0 Å². The van der Waals surface area contributed by atoms with Crippen molar-refractivity contribution in [1.29, 1.82) is 0 Å². The lowest BCUT2D eigenvalue weighted by atomic mass is 10.0. The first-order valence-electron chi connectivity index (χ1n) is 9.53. The zero-order valence-electron chi connectivity index (χ0n) is 16.6. The van der Waals surface area contributed by atoms with Crippen molar-refractivity contribution >= 4 is 17.9 Å². The monoisotopic (exact) mass is 382 g/mol. The van der Waals surface area contributed by atoms with Crippen LogP contribution in [0.25, 0.3) is 12.2 Å². The van der Waals surface area contributed by atoms with Crippen molar-refractivity contribution in [2.45, 2.75) is 20.5 Å². The topological polar surface area (TPSA) is 35.5 Å². The third kappa shape index (κ3) is 3.99. The summed E-state index contributed by atoms with van der Waals surface area (Å²) < 4.78 is 11.8. The van der Waals surface area contributed by atoms with Gasteiger partial charge in [0.05, 0.1) is 5.56 Å². The van der Waals surface area contributed by atoms with Gasteiger partial charge >= 0.3 is 0 Å². The molecule has 0 atom stereocenters. The molecular formula is C26H22O3. The van der Waals surface area contributed by atoms with Gasteiger partial charge in [0, 0.05) is 6.07 Å². The van der Waals surface area contributed by atoms with Gasteiger partial charge in [-0.3, -0.25) is 4.79 Å². The highest BCUT2D eigenvalue weighted by molar-refractivity contribution is 6.15. The molecule has 0 saturated heterocycles. The lowest BCUT2D eigenvalue weighted by Gasteiger charge is -2.09. The lowest BCUT2D eigenvalue weighted by molar-refractivity contribution is 0.101. The summed E-state index contributed by atoms with van der Waals surface area (Å²) in [4.78, 5) is 12.8. The summed E-state index contributed by atoms with van der Waals surface area (Å²) in [5.41, 5.74) is 5.69. The SMILES string of the molecule is C=Cc1ccc(COc2cc(C)c3c(c2)O/C(=C\c2ccc(C)cc2)C3=O)cc1. The summed E-state index contributed by atoms with van der Waals surface area (Å²) >= 11 is 0. The first-order chi connectivity index (χ1) is 14.0. The number of benzene rings is 3. The fraction of sp³-hybridized carbons (Fsp3) is 0.115. The summed E-state index contributed by atoms with van der Waals surface area (Å²) in [6, 6.07) is 19.7. The molecule has 3 nitrogen and oxygen atoms in total. The number of aryl methyl sites for hydroxylation is 2. The number of allylic oxidation sites excluding steroid dienone is 1. The van der Waals surface area contributed by atoms with E-state index >= 15 is 0 Å². The van der Waals surface area contributed by atoms with E-state index in [0.717, 1.165) is 22.3 Å². The van der Waals surface area contributed by atoms with Gasteiger partial charge in [-0.2, -0.15) is 0 Å². The number of ketones is 1. The maximum Gasteiger partial charge on any atom is 0.232 e. The van der Waals surface area contributed by atoms with Crippen LogP contribution in [0.5, 0.6) is 11.5 Å². The Bertz CT molecular complexity index is 1100. The van der Waals surface area contributed by atoms with E-state index in [1.165, 1.54) is 5.56 Å². The number of ether oxygens (including phenoxy) is 2. The van der Waals surface area contributed by atoms with Gasteiger partial charge in [-0.25, -0.2) is 0 Å². The van der Waals surface area contributed by atoms with Crippen LogP contribution in [0.15, 0.2) is 73.0 Å². The quantitative estimate of drug-likeness (QED) is 0.497. The van der Waals surface area contributed by atoms with Gasteiger partial charge in [-0.05, 0) is 48.2 Å². The third-order valence-corrected chi connectivity index (χ3v) is 4.94. The second-order valence-corrected chi connectivity index (χ2v) is 7.20. The van der Waals surface area contributed by atoms with Crippen molar-refractivity contribution in [2.75, 3.05) is 0 Å². The van der Waals surface area contributed by atoms with Gasteiger partial charge in [0.25, 0.3) is 0 Å². The standard InChI is InChI=1S/C26H22O3/c1-4-19-9-11-21(12-10-19)16-28-22-13-18(3)25-23(15-22)29-24(26(25)27)14-20-7-5-17(2)6-8-20/h4-15H,1,16H2,2-3H3/b24-14-. The second kappa shape index (κ2) is 7.80. The molecular weight excluding hydrogens is 360 g/mol. The van der Waals surface area contributed by atoms with Gasteiger partial charge in [-0.1, -0.05) is 66.7 Å². The van der Waals surface area contributed by atoms with Gasteiger partial charge < -0.3 is 9.47 Å². The Morgan fingerprint density at radius 1 is 0.966 bits per heavy atom. The van der Waals surface area contributed by atoms with Crippen LogP contribution < -0.4 is 9.47 Å². The normalized spacial score (nSPS) is 13.9. The van der Waals surface area contributed by atoms with Gasteiger partial charge in [0.2, 0.25) is 5.78 Å². The minimum absolute atomic E-state index is 0.0929. The summed E-state index contributed by atoms with van der Waals surface area (Å²) in [6.45, 7) is 8.14. The zero-order chi connectivity index (χ0) is 20.4. The van der Waals surface area contributed by atoms with E-state index < -0.39 is 0 Å². The van der Waals surface area contributed by atoms with Crippen LogP contribution in [-0.2, 0) is 6.61 Å². The molecule has 4 rings (SSSR count). The molecule has 3 heteroatoms. The first kappa shape index (κ1) is 18.8. The van der Waals surface area contributed by atoms with E-state index in [4.69, 9.17) is 9.47 Å². The van der Waals surface area contributed by atoms with Crippen LogP contribution in [0.4, 0.5) is 0 Å². The largest absolute Gasteiger partial charge is 0.489 e. The smallest absolute Gasteiger partial charge is 0.232 e. The number of fused-ring (bicyclic) bond motifs is 1. The Labute approximate surface area is 170 Å². The summed E-state index contributed by atoms with van der Waals surface area (Å²) in [7, 11) is 0. The Morgan fingerprint density at radius 2 is 1.66 bits per heavy atom. The molecule has 0 saturated carbocycles. The minimum Gasteiger partial charge on any atom is -0.489 e. The molecule has 144 valence electrons. The molecule has 0 N–H and O–H groups in total. The molecule has 0 fully saturated rings. The Morgan fingerprint density at radius 3 is 2.34 bits per heavy atom. The van der Waals surface area contributed by atoms with E-state index in [1.807, 2.05) is 74.5 Å². The van der Waals surface area contributed by atoms with E-state index in [1.54, 1.807) is 12.1 Å². The maximum absolute atomic E-state index is 12.8. The Balaban J connectivity index is 1.53. The number of hydrogen-bond acceptors (Lipinski definition) is 3. The number of rotatable bonds is 5. The number of carbonyl (C=O) groups excluding carboxylic acids is 1. The van der Waals surface area contributed by atoms with Crippen molar-refractivity contribution in [1.82, 2.24) is 0 Å². The summed E-state index contributed by atoms with van der Waals surface area (Å²) in [5.74, 6) is 1.47. The van der Waals surface area contributed by atoms with Crippen LogP contribution in [0, 0.1) is 13.8 Å². The van der Waals surface area contributed by atoms with Crippen molar-refractivity contribution in [3.63, 3.8) is 0 Å². The van der Waals surface area contributed by atoms with Crippen molar-refractivity contribution < 1.29 is 14.3 Å². The van der Waals surface area contributed by atoms with Gasteiger partial charge in [0.15, 0.2) is 5.76 Å². The number of carbonyl (C=O) groups is 1. The average Bonchev–Trinajstić information content (AvgIpc) is 3.04. The van der Waals surface area contributed by atoms with Crippen LogP contribution in [0.1, 0.15) is 38.2 Å². The molecule has 3 aromatic carbocycles. The highest BCUT2D eigenvalue weighted by atomic mass is 16.5. The molecule has 0 amide bonds. The Kier molecular flexibility index (Phi) is 5.05. The fourth-order valence-corrected chi connectivity index (χ4v) is 3.29. The van der Waals surface area contributed by atoms with Crippen molar-refractivity contribution in [3.8, 4) is 11.5 Å². The lowest BCUT2D eigenvalue weighted by Crippen LogP contribution is -2.00. The minimum atomic E-state index is -0.0929. The molecule has 0 radical (unpaired) electrons. The fourth-order valence-electron chi connectivity index (χ4n) is 3.29. The van der Waals surface area contributed by atoms with E-state index in [0.29, 0.717) is 29.4 Å². The molecule has 1 aliphatic heterocycles. The molecule has 0 aliphatic carbocycles. The molecule has 3 aromatic rings. The number of Topliss-reactive ketones (excluding diaryl/α,β-unsaturated/α-hetero) is 1. The number of hydrogen-bond donors (Lipinski definition) is 0. The average molecular weight is 382 g/mol. The molecule has 29 heavy (non-hydrogen) atoms. The van der Waals surface area contributed by atoms with E-state index in [2.05, 4.69) is 6.58 Å². The summed E-state index contributed by atoms with van der Waals surface area (Å²) in [6.07, 6.45) is 3.59. The summed E-state index contributed by atoms with van der Waals surface area (Å²) in [5, 5.41) is 0. The van der Waals surface area contributed by atoms with Gasteiger partial charge in [0.1, 0.15) is 18.1 Å². The van der Waals surface area contributed by atoms with Crippen LogP contribution in [-0.4, -0.2) is 5.78 Å². The van der Waals surface area contributed by atoms with E-state index in [-0.39, 0.29) is 5.78 Å². The molecule has 1 aliphatic rings. The molecule has 0 bridgehead atoms. The van der Waals surface area contributed by atoms with Crippen molar-refractivity contribution in [3.05, 3.63) is 106 Å².